The maximum atomic E-state index is 10.8. The average Bonchev–Trinajstić information content (AvgIpc) is 2.55. The highest BCUT2D eigenvalue weighted by Gasteiger charge is 2.03. The Balaban J connectivity index is 2.32. The predicted molar refractivity (Wildman–Crippen MR) is 93.9 cm³/mol. The van der Waals surface area contributed by atoms with Gasteiger partial charge in [-0.05, 0) is 53.3 Å². The highest BCUT2D eigenvalue weighted by Crippen LogP contribution is 2.25. The van der Waals surface area contributed by atoms with Crippen LogP contribution in [0.3, 0.4) is 0 Å². The Hall–Kier alpha value is -2.65. The molecule has 0 radical (unpaired) electrons. The first-order chi connectivity index (χ1) is 11.0. The molecule has 0 aliphatic carbocycles. The first-order valence-corrected chi connectivity index (χ1v) is 7.41. The summed E-state index contributed by atoms with van der Waals surface area (Å²) in [6, 6.07) is 15.9. The molecule has 2 rings (SSSR count). The number of carboxylic acids is 1. The summed E-state index contributed by atoms with van der Waals surface area (Å²) in [5.41, 5.74) is 5.82. The van der Waals surface area contributed by atoms with Crippen LogP contribution in [0.2, 0.25) is 0 Å². The van der Waals surface area contributed by atoms with Crippen LogP contribution in [0.1, 0.15) is 25.0 Å². The molecule has 0 saturated heterocycles. The molecule has 2 N–H and O–H groups in total. The molecule has 2 aromatic carbocycles. The van der Waals surface area contributed by atoms with Gasteiger partial charge in [0.25, 0.3) is 0 Å². The molecular weight excluding hydrogens is 288 g/mol. The number of hydrogen-bond acceptors (Lipinski definition) is 2. The highest BCUT2D eigenvalue weighted by atomic mass is 16.4. The van der Waals surface area contributed by atoms with Crippen molar-refractivity contribution in [2.75, 3.05) is 6.61 Å². The molecule has 3 heteroatoms. The second kappa shape index (κ2) is 7.56. The number of carboxylic acid groups (broad SMARTS) is 1. The van der Waals surface area contributed by atoms with Gasteiger partial charge in [-0.3, -0.25) is 0 Å². The van der Waals surface area contributed by atoms with Gasteiger partial charge < -0.3 is 10.2 Å². The van der Waals surface area contributed by atoms with Crippen molar-refractivity contribution >= 4 is 17.1 Å². The summed E-state index contributed by atoms with van der Waals surface area (Å²) in [7, 11) is 0. The molecule has 0 aliphatic heterocycles. The lowest BCUT2D eigenvalue weighted by Crippen LogP contribution is -1.90. The minimum Gasteiger partial charge on any atom is -0.478 e. The lowest BCUT2D eigenvalue weighted by Gasteiger charge is -2.07. The fourth-order valence-electron chi connectivity index (χ4n) is 2.39. The van der Waals surface area contributed by atoms with Crippen LogP contribution >= 0.6 is 0 Å². The number of aliphatic hydroxyl groups excluding tert-OH is 1. The molecule has 23 heavy (non-hydrogen) atoms. The van der Waals surface area contributed by atoms with E-state index in [-0.39, 0.29) is 6.61 Å². The molecule has 2 aromatic rings. The normalized spacial score (nSPS) is 12.3. The van der Waals surface area contributed by atoms with Crippen LogP contribution in [0.4, 0.5) is 0 Å². The van der Waals surface area contributed by atoms with Crippen molar-refractivity contribution in [1.29, 1.82) is 0 Å². The van der Waals surface area contributed by atoms with E-state index in [0.29, 0.717) is 0 Å². The molecule has 0 spiro atoms. The summed E-state index contributed by atoms with van der Waals surface area (Å²) in [4.78, 5) is 10.8. The Morgan fingerprint density at radius 2 is 1.65 bits per heavy atom. The van der Waals surface area contributed by atoms with Crippen molar-refractivity contribution in [1.82, 2.24) is 0 Å². The third-order valence-electron chi connectivity index (χ3n) is 3.73. The van der Waals surface area contributed by atoms with E-state index in [1.807, 2.05) is 55.5 Å². The van der Waals surface area contributed by atoms with E-state index in [9.17, 15) is 4.79 Å². The number of benzene rings is 2. The van der Waals surface area contributed by atoms with Crippen molar-refractivity contribution in [2.24, 2.45) is 0 Å². The zero-order chi connectivity index (χ0) is 16.8. The standard InChI is InChI=1S/C20H20O3/c1-14(10-11-21)16-6-8-17(9-7-16)19-5-3-4-18(13-19)15(2)12-20(22)23/h3-10,12-13,21H,11H2,1-2H3,(H,22,23)/b14-10-,15-12-. The molecular formula is C20H20O3. The summed E-state index contributed by atoms with van der Waals surface area (Å²) >= 11 is 0. The molecule has 0 fully saturated rings. The van der Waals surface area contributed by atoms with Gasteiger partial charge in [0.05, 0.1) is 6.61 Å². The molecule has 0 bridgehead atoms. The van der Waals surface area contributed by atoms with Crippen molar-refractivity contribution in [3.63, 3.8) is 0 Å². The van der Waals surface area contributed by atoms with Gasteiger partial charge in [-0.1, -0.05) is 48.5 Å². The smallest absolute Gasteiger partial charge is 0.328 e. The van der Waals surface area contributed by atoms with Crippen LogP contribution in [0.15, 0.2) is 60.7 Å². The number of rotatable bonds is 5. The number of carbonyl (C=O) groups is 1. The molecule has 0 saturated carbocycles. The maximum absolute atomic E-state index is 10.8. The maximum Gasteiger partial charge on any atom is 0.328 e. The van der Waals surface area contributed by atoms with Gasteiger partial charge in [-0.25, -0.2) is 4.79 Å². The van der Waals surface area contributed by atoms with Crippen molar-refractivity contribution < 1.29 is 15.0 Å². The largest absolute Gasteiger partial charge is 0.478 e. The SMILES string of the molecule is C/C(=C/CO)c1ccc(-c2cccc(/C(C)=C\C(=O)O)c2)cc1. The minimum atomic E-state index is -0.941. The minimum absolute atomic E-state index is 0.0326. The molecule has 3 nitrogen and oxygen atoms in total. The predicted octanol–water partition coefficient (Wildman–Crippen LogP) is 4.24. The van der Waals surface area contributed by atoms with Crippen LogP contribution in [-0.4, -0.2) is 22.8 Å². The van der Waals surface area contributed by atoms with Crippen LogP contribution < -0.4 is 0 Å². The Morgan fingerprint density at radius 3 is 2.26 bits per heavy atom. The highest BCUT2D eigenvalue weighted by molar-refractivity contribution is 5.90. The van der Waals surface area contributed by atoms with E-state index in [4.69, 9.17) is 10.2 Å². The van der Waals surface area contributed by atoms with Gasteiger partial charge in [0.2, 0.25) is 0 Å². The van der Waals surface area contributed by atoms with E-state index in [0.717, 1.165) is 33.4 Å². The van der Waals surface area contributed by atoms with E-state index >= 15 is 0 Å². The molecule has 0 heterocycles. The Bertz CT molecular complexity index is 753. The van der Waals surface area contributed by atoms with Gasteiger partial charge >= 0.3 is 5.97 Å². The van der Waals surface area contributed by atoms with Crippen LogP contribution in [0.25, 0.3) is 22.3 Å². The first-order valence-electron chi connectivity index (χ1n) is 7.41. The summed E-state index contributed by atoms with van der Waals surface area (Å²) in [6.45, 7) is 3.79. The molecule has 0 aliphatic rings. The molecule has 0 unspecified atom stereocenters. The zero-order valence-electron chi connectivity index (χ0n) is 13.3. The van der Waals surface area contributed by atoms with Crippen LogP contribution in [-0.2, 0) is 4.79 Å². The fourth-order valence-corrected chi connectivity index (χ4v) is 2.39. The van der Waals surface area contributed by atoms with Gasteiger partial charge in [-0.15, -0.1) is 0 Å². The molecule has 0 amide bonds. The van der Waals surface area contributed by atoms with Gasteiger partial charge in [0.15, 0.2) is 0 Å². The van der Waals surface area contributed by atoms with E-state index < -0.39 is 5.97 Å². The third-order valence-corrected chi connectivity index (χ3v) is 3.73. The van der Waals surface area contributed by atoms with Crippen LogP contribution in [0.5, 0.6) is 0 Å². The number of hydrogen-bond donors (Lipinski definition) is 2. The van der Waals surface area contributed by atoms with E-state index in [1.54, 1.807) is 13.0 Å². The number of aliphatic carboxylic acids is 1. The Kier molecular flexibility index (Phi) is 5.50. The fraction of sp³-hybridized carbons (Fsp3) is 0.150. The molecule has 0 atom stereocenters. The molecule has 118 valence electrons. The lowest BCUT2D eigenvalue weighted by molar-refractivity contribution is -0.131. The zero-order valence-corrected chi connectivity index (χ0v) is 13.3. The van der Waals surface area contributed by atoms with Crippen molar-refractivity contribution in [3.8, 4) is 11.1 Å². The van der Waals surface area contributed by atoms with Crippen molar-refractivity contribution in [2.45, 2.75) is 13.8 Å². The second-order valence-electron chi connectivity index (χ2n) is 5.39. The van der Waals surface area contributed by atoms with Crippen molar-refractivity contribution in [3.05, 3.63) is 71.8 Å². The second-order valence-corrected chi connectivity index (χ2v) is 5.39. The summed E-state index contributed by atoms with van der Waals surface area (Å²) < 4.78 is 0. The average molecular weight is 308 g/mol. The van der Waals surface area contributed by atoms with Crippen LogP contribution in [0, 0.1) is 0 Å². The molecule has 0 aromatic heterocycles. The Labute approximate surface area is 136 Å². The van der Waals surface area contributed by atoms with E-state index in [2.05, 4.69) is 0 Å². The summed E-state index contributed by atoms with van der Waals surface area (Å²) in [5, 5.41) is 17.8. The summed E-state index contributed by atoms with van der Waals surface area (Å²) in [5.74, 6) is -0.941. The quantitative estimate of drug-likeness (QED) is 0.812. The van der Waals surface area contributed by atoms with E-state index in [1.165, 1.54) is 6.08 Å². The third kappa shape index (κ3) is 4.41. The van der Waals surface area contributed by atoms with Gasteiger partial charge in [0.1, 0.15) is 0 Å². The van der Waals surface area contributed by atoms with Gasteiger partial charge in [-0.2, -0.15) is 0 Å². The monoisotopic (exact) mass is 308 g/mol. The van der Waals surface area contributed by atoms with Gasteiger partial charge in [0, 0.05) is 6.08 Å². The Morgan fingerprint density at radius 1 is 0.957 bits per heavy atom. The first kappa shape index (κ1) is 16.7. The summed E-state index contributed by atoms with van der Waals surface area (Å²) in [6.07, 6.45) is 2.99. The lowest BCUT2D eigenvalue weighted by atomic mass is 9.97. The number of aliphatic hydroxyl groups is 1. The number of allylic oxidation sites excluding steroid dienone is 2. The topological polar surface area (TPSA) is 57.5 Å².